The maximum Gasteiger partial charge on any atom is 0.220 e. The number of halogens is 2. The molecule has 0 spiro atoms. The van der Waals surface area contributed by atoms with E-state index in [0.717, 1.165) is 50.3 Å². The molecule has 3 unspecified atom stereocenters. The van der Waals surface area contributed by atoms with Crippen LogP contribution in [0.15, 0.2) is 0 Å². The van der Waals surface area contributed by atoms with Crippen LogP contribution >= 0.6 is 24.8 Å². The third kappa shape index (κ3) is 4.47. The quantitative estimate of drug-likeness (QED) is 0.829. The molecular weight excluding hydrogens is 361 g/mol. The number of nitrogens with zero attached hydrogens (tertiary/aromatic N) is 3. The van der Waals surface area contributed by atoms with E-state index in [1.54, 1.807) is 0 Å². The van der Waals surface area contributed by atoms with Gasteiger partial charge in [0.25, 0.3) is 0 Å². The SMILES string of the molecule is CCc1nc2n(n1)CCCC2NC(=O)CC1CC2CCC(C1)N2.Cl.Cl. The Bertz CT molecular complexity index is 582. The lowest BCUT2D eigenvalue weighted by atomic mass is 9.89. The number of carbonyl (C=O) groups excluding carboxylic acids is 1. The maximum atomic E-state index is 12.5. The van der Waals surface area contributed by atoms with Crippen LogP contribution in [-0.4, -0.2) is 32.8 Å². The van der Waals surface area contributed by atoms with E-state index in [4.69, 9.17) is 0 Å². The van der Waals surface area contributed by atoms with Crippen molar-refractivity contribution in [3.05, 3.63) is 11.6 Å². The van der Waals surface area contributed by atoms with Crippen molar-refractivity contribution in [1.29, 1.82) is 0 Å². The molecule has 0 aliphatic carbocycles. The first kappa shape index (κ1) is 20.5. The molecule has 2 N–H and O–H groups in total. The molecule has 2 bridgehead atoms. The predicted octanol–water partition coefficient (Wildman–Crippen LogP) is 2.56. The number of piperidine rings is 1. The summed E-state index contributed by atoms with van der Waals surface area (Å²) in [6.07, 6.45) is 8.43. The normalized spacial score (nSPS) is 30.0. The minimum absolute atomic E-state index is 0. The second kappa shape index (κ2) is 8.69. The number of amides is 1. The second-order valence-electron chi connectivity index (χ2n) is 7.40. The highest BCUT2D eigenvalue weighted by atomic mass is 35.5. The van der Waals surface area contributed by atoms with E-state index in [1.165, 1.54) is 12.8 Å². The van der Waals surface area contributed by atoms with Crippen LogP contribution in [0.4, 0.5) is 0 Å². The molecule has 4 rings (SSSR count). The zero-order valence-corrected chi connectivity index (χ0v) is 16.4. The van der Waals surface area contributed by atoms with Crippen molar-refractivity contribution in [1.82, 2.24) is 25.4 Å². The summed E-state index contributed by atoms with van der Waals surface area (Å²) in [6.45, 7) is 2.99. The fourth-order valence-electron chi connectivity index (χ4n) is 4.54. The van der Waals surface area contributed by atoms with Gasteiger partial charge in [-0.1, -0.05) is 6.92 Å². The van der Waals surface area contributed by atoms with Gasteiger partial charge in [0.1, 0.15) is 5.82 Å². The molecule has 3 aliphatic heterocycles. The summed E-state index contributed by atoms with van der Waals surface area (Å²) in [5, 5.41) is 11.4. The summed E-state index contributed by atoms with van der Waals surface area (Å²) in [5.41, 5.74) is 0. The van der Waals surface area contributed by atoms with Crippen LogP contribution in [0.1, 0.15) is 69.6 Å². The standard InChI is InChI=1S/C17H27N5O.2ClH/c1-2-15-20-17-14(4-3-7-22(17)21-15)19-16(23)10-11-8-12-5-6-13(9-11)18-12;;/h11-14,18H,2-10H2,1H3,(H,19,23);2*1H. The molecule has 1 aromatic heterocycles. The van der Waals surface area contributed by atoms with Gasteiger partial charge in [0, 0.05) is 31.5 Å². The van der Waals surface area contributed by atoms with Crippen LogP contribution in [0.5, 0.6) is 0 Å². The molecule has 142 valence electrons. The number of carbonyl (C=O) groups is 1. The molecule has 3 atom stereocenters. The average Bonchev–Trinajstić information content (AvgIpc) is 3.11. The molecule has 25 heavy (non-hydrogen) atoms. The van der Waals surface area contributed by atoms with Crippen LogP contribution in [0.2, 0.25) is 0 Å². The second-order valence-corrected chi connectivity index (χ2v) is 7.40. The molecule has 2 saturated heterocycles. The van der Waals surface area contributed by atoms with Gasteiger partial charge in [0.15, 0.2) is 5.82 Å². The molecule has 0 saturated carbocycles. The summed E-state index contributed by atoms with van der Waals surface area (Å²) in [4.78, 5) is 17.1. The van der Waals surface area contributed by atoms with Gasteiger partial charge in [0.2, 0.25) is 5.91 Å². The molecule has 0 radical (unpaired) electrons. The Morgan fingerprint density at radius 3 is 2.64 bits per heavy atom. The Hall–Kier alpha value is -0.850. The number of rotatable bonds is 4. The molecule has 1 amide bonds. The largest absolute Gasteiger partial charge is 0.346 e. The highest BCUT2D eigenvalue weighted by molar-refractivity contribution is 5.85. The van der Waals surface area contributed by atoms with E-state index in [1.807, 2.05) is 4.68 Å². The van der Waals surface area contributed by atoms with Crippen molar-refractivity contribution < 1.29 is 4.79 Å². The molecule has 3 aliphatic rings. The molecule has 4 heterocycles. The summed E-state index contributed by atoms with van der Waals surface area (Å²) in [7, 11) is 0. The Balaban J connectivity index is 0.00000113. The van der Waals surface area contributed by atoms with Gasteiger partial charge < -0.3 is 10.6 Å². The first-order chi connectivity index (χ1) is 11.2. The molecule has 0 aromatic carbocycles. The number of hydrogen-bond acceptors (Lipinski definition) is 4. The molecule has 2 fully saturated rings. The summed E-state index contributed by atoms with van der Waals surface area (Å²) >= 11 is 0. The first-order valence-electron chi connectivity index (χ1n) is 9.20. The molecular formula is C17H29Cl2N5O. The fraction of sp³-hybridized carbons (Fsp3) is 0.824. The molecule has 8 heteroatoms. The van der Waals surface area contributed by atoms with Gasteiger partial charge in [-0.05, 0) is 44.4 Å². The van der Waals surface area contributed by atoms with Crippen LogP contribution in [0, 0.1) is 5.92 Å². The van der Waals surface area contributed by atoms with E-state index < -0.39 is 0 Å². The highest BCUT2D eigenvalue weighted by Crippen LogP contribution is 2.33. The summed E-state index contributed by atoms with van der Waals surface area (Å²) in [5.74, 6) is 2.57. The zero-order valence-electron chi connectivity index (χ0n) is 14.7. The van der Waals surface area contributed by atoms with Gasteiger partial charge in [-0.25, -0.2) is 9.67 Å². The average molecular weight is 390 g/mol. The van der Waals surface area contributed by atoms with Crippen molar-refractivity contribution in [3.63, 3.8) is 0 Å². The molecule has 1 aromatic rings. The molecule has 6 nitrogen and oxygen atoms in total. The summed E-state index contributed by atoms with van der Waals surface area (Å²) in [6, 6.07) is 1.34. The monoisotopic (exact) mass is 389 g/mol. The smallest absolute Gasteiger partial charge is 0.220 e. The Morgan fingerprint density at radius 1 is 1.24 bits per heavy atom. The van der Waals surface area contributed by atoms with Crippen LogP contribution < -0.4 is 10.6 Å². The topological polar surface area (TPSA) is 71.8 Å². The van der Waals surface area contributed by atoms with E-state index in [-0.39, 0.29) is 36.8 Å². The van der Waals surface area contributed by atoms with E-state index in [9.17, 15) is 4.79 Å². The third-order valence-electron chi connectivity index (χ3n) is 5.61. The predicted molar refractivity (Wildman–Crippen MR) is 101 cm³/mol. The number of fused-ring (bicyclic) bond motifs is 3. The minimum Gasteiger partial charge on any atom is -0.346 e. The van der Waals surface area contributed by atoms with Crippen molar-refractivity contribution >= 4 is 30.7 Å². The van der Waals surface area contributed by atoms with E-state index in [0.29, 0.717) is 24.4 Å². The maximum absolute atomic E-state index is 12.5. The summed E-state index contributed by atoms with van der Waals surface area (Å²) < 4.78 is 1.98. The number of nitrogens with one attached hydrogen (secondary N) is 2. The Morgan fingerprint density at radius 2 is 1.96 bits per heavy atom. The fourth-order valence-corrected chi connectivity index (χ4v) is 4.54. The van der Waals surface area contributed by atoms with Gasteiger partial charge in [-0.2, -0.15) is 5.10 Å². The number of aromatic nitrogens is 3. The Kier molecular flexibility index (Phi) is 7.11. The van der Waals surface area contributed by atoms with Crippen molar-refractivity contribution in [2.75, 3.05) is 0 Å². The van der Waals surface area contributed by atoms with Crippen LogP contribution in [0.3, 0.4) is 0 Å². The highest BCUT2D eigenvalue weighted by Gasteiger charge is 2.34. The van der Waals surface area contributed by atoms with E-state index in [2.05, 4.69) is 27.6 Å². The lowest BCUT2D eigenvalue weighted by Gasteiger charge is -2.29. The Labute approximate surface area is 161 Å². The van der Waals surface area contributed by atoms with Gasteiger partial charge in [0.05, 0.1) is 6.04 Å². The lowest BCUT2D eigenvalue weighted by molar-refractivity contribution is -0.123. The zero-order chi connectivity index (χ0) is 15.8. The number of aryl methyl sites for hydroxylation is 2. The van der Waals surface area contributed by atoms with Crippen LogP contribution in [-0.2, 0) is 17.8 Å². The first-order valence-corrected chi connectivity index (χ1v) is 9.20. The van der Waals surface area contributed by atoms with Gasteiger partial charge >= 0.3 is 0 Å². The van der Waals surface area contributed by atoms with Gasteiger partial charge in [-0.3, -0.25) is 4.79 Å². The van der Waals surface area contributed by atoms with Crippen LogP contribution in [0.25, 0.3) is 0 Å². The van der Waals surface area contributed by atoms with E-state index >= 15 is 0 Å². The number of hydrogen-bond donors (Lipinski definition) is 2. The third-order valence-corrected chi connectivity index (χ3v) is 5.61. The van der Waals surface area contributed by atoms with Crippen molar-refractivity contribution in [2.24, 2.45) is 5.92 Å². The van der Waals surface area contributed by atoms with Crippen molar-refractivity contribution in [2.45, 2.75) is 83.0 Å². The lowest BCUT2D eigenvalue weighted by Crippen LogP contribution is -2.40. The van der Waals surface area contributed by atoms with Crippen molar-refractivity contribution in [3.8, 4) is 0 Å². The van der Waals surface area contributed by atoms with Gasteiger partial charge in [-0.15, -0.1) is 24.8 Å². The minimum atomic E-state index is 0.